The molecule has 4 nitrogen and oxygen atoms in total. The summed E-state index contributed by atoms with van der Waals surface area (Å²) in [5.41, 5.74) is 2.62. The zero-order valence-electron chi connectivity index (χ0n) is 14.9. The van der Waals surface area contributed by atoms with Crippen molar-refractivity contribution in [3.8, 4) is 0 Å². The second kappa shape index (κ2) is 12.1. The second-order valence-corrected chi connectivity index (χ2v) is 7.01. The highest BCUT2D eigenvalue weighted by atomic mass is 32.2. The summed E-state index contributed by atoms with van der Waals surface area (Å²) in [4.78, 5) is 3.67. The van der Waals surface area contributed by atoms with Crippen LogP contribution in [0, 0.1) is 6.92 Å². The van der Waals surface area contributed by atoms with Crippen molar-refractivity contribution in [2.24, 2.45) is 0 Å². The van der Waals surface area contributed by atoms with Gasteiger partial charge in [-0.15, -0.1) is 0 Å². The van der Waals surface area contributed by atoms with Crippen LogP contribution in [0.5, 0.6) is 0 Å². The van der Waals surface area contributed by atoms with Crippen LogP contribution < -0.4 is 10.0 Å². The molecule has 0 aromatic heterocycles. The average molecular weight is 360 g/mol. The van der Waals surface area contributed by atoms with E-state index in [2.05, 4.69) is 76.5 Å². The van der Waals surface area contributed by atoms with E-state index in [9.17, 15) is 0 Å². The van der Waals surface area contributed by atoms with Crippen LogP contribution in [0.1, 0.15) is 11.1 Å². The minimum Gasteiger partial charge on any atom is -0.395 e. The van der Waals surface area contributed by atoms with Gasteiger partial charge in [0, 0.05) is 44.2 Å². The van der Waals surface area contributed by atoms with Gasteiger partial charge in [-0.25, -0.2) is 0 Å². The van der Waals surface area contributed by atoms with Crippen LogP contribution in [0.3, 0.4) is 0 Å². The number of aliphatic hydroxyl groups is 1. The number of aliphatic hydroxyl groups excluding tert-OH is 1. The molecule has 0 saturated carbocycles. The number of rotatable bonds is 12. The third-order valence-corrected chi connectivity index (χ3v) is 4.74. The molecule has 0 spiro atoms. The summed E-state index contributed by atoms with van der Waals surface area (Å²) in [7, 11) is 0. The highest BCUT2D eigenvalue weighted by molar-refractivity contribution is 7.97. The molecule has 0 heterocycles. The molecule has 0 bridgehead atoms. The zero-order chi connectivity index (χ0) is 17.7. The van der Waals surface area contributed by atoms with Gasteiger partial charge >= 0.3 is 0 Å². The third kappa shape index (κ3) is 8.52. The number of nitrogens with zero attached hydrogens (tertiary/aromatic N) is 1. The van der Waals surface area contributed by atoms with Gasteiger partial charge in [0.2, 0.25) is 0 Å². The van der Waals surface area contributed by atoms with Gasteiger partial charge < -0.3 is 10.4 Å². The number of hydrogen-bond acceptors (Lipinski definition) is 5. The zero-order valence-corrected chi connectivity index (χ0v) is 15.8. The molecule has 3 N–H and O–H groups in total. The van der Waals surface area contributed by atoms with Crippen molar-refractivity contribution in [1.29, 1.82) is 0 Å². The van der Waals surface area contributed by atoms with E-state index < -0.39 is 0 Å². The van der Waals surface area contributed by atoms with Gasteiger partial charge in [0.1, 0.15) is 0 Å². The number of benzene rings is 2. The van der Waals surface area contributed by atoms with Crippen LogP contribution in [-0.4, -0.2) is 49.3 Å². The molecule has 2 aromatic rings. The highest BCUT2D eigenvalue weighted by Crippen LogP contribution is 2.14. The lowest BCUT2D eigenvalue weighted by Crippen LogP contribution is -2.36. The summed E-state index contributed by atoms with van der Waals surface area (Å²) < 4.78 is 3.45. The Balaban J connectivity index is 1.75. The predicted octanol–water partition coefficient (Wildman–Crippen LogP) is 2.68. The lowest BCUT2D eigenvalue weighted by Gasteiger charge is -2.22. The van der Waals surface area contributed by atoms with Crippen LogP contribution in [0.25, 0.3) is 0 Å². The molecule has 2 rings (SSSR count). The first-order chi connectivity index (χ1) is 12.3. The molecule has 2 aromatic carbocycles. The van der Waals surface area contributed by atoms with E-state index in [-0.39, 0.29) is 6.61 Å². The van der Waals surface area contributed by atoms with Crippen molar-refractivity contribution in [2.45, 2.75) is 18.4 Å². The molecule has 0 aliphatic rings. The van der Waals surface area contributed by atoms with Crippen LogP contribution in [0.2, 0.25) is 0 Å². The number of nitrogens with one attached hydrogen (secondary N) is 2. The Hall–Kier alpha value is -1.37. The van der Waals surface area contributed by atoms with Gasteiger partial charge in [-0.1, -0.05) is 48.0 Å². The molecular formula is C20H29N3OS. The smallest absolute Gasteiger partial charge is 0.0555 e. The standard InChI is InChI=1S/C20H29N3OS/c1-18-7-9-20(10-8-18)25-22-12-15-23(14-11-21-13-16-24)17-19-5-3-2-4-6-19/h2-10,21-22,24H,11-17H2,1H3. The first-order valence-corrected chi connectivity index (χ1v) is 9.64. The molecule has 0 atom stereocenters. The quantitative estimate of drug-likeness (QED) is 0.402. The van der Waals surface area contributed by atoms with Crippen molar-refractivity contribution >= 4 is 11.9 Å². The lowest BCUT2D eigenvalue weighted by molar-refractivity contribution is 0.257. The van der Waals surface area contributed by atoms with Crippen molar-refractivity contribution < 1.29 is 5.11 Å². The normalized spacial score (nSPS) is 11.2. The van der Waals surface area contributed by atoms with Gasteiger partial charge in [-0.3, -0.25) is 9.62 Å². The van der Waals surface area contributed by atoms with E-state index in [4.69, 9.17) is 5.11 Å². The van der Waals surface area contributed by atoms with E-state index in [1.54, 1.807) is 11.9 Å². The molecule has 25 heavy (non-hydrogen) atoms. The molecule has 0 aliphatic heterocycles. The Morgan fingerprint density at radius 1 is 0.920 bits per heavy atom. The second-order valence-electron chi connectivity index (χ2n) is 6.04. The summed E-state index contributed by atoms with van der Waals surface area (Å²) >= 11 is 1.68. The Labute approximate surface area is 155 Å². The van der Waals surface area contributed by atoms with Gasteiger partial charge in [0.05, 0.1) is 6.61 Å². The van der Waals surface area contributed by atoms with Gasteiger partial charge in [0.15, 0.2) is 0 Å². The fourth-order valence-electron chi connectivity index (χ4n) is 2.50. The molecule has 0 aliphatic carbocycles. The van der Waals surface area contributed by atoms with E-state index in [0.717, 1.165) is 32.7 Å². The molecule has 0 radical (unpaired) electrons. The van der Waals surface area contributed by atoms with Gasteiger partial charge in [-0.2, -0.15) is 0 Å². The van der Waals surface area contributed by atoms with E-state index in [0.29, 0.717) is 6.54 Å². The topological polar surface area (TPSA) is 47.5 Å². The van der Waals surface area contributed by atoms with Crippen molar-refractivity contribution in [3.05, 3.63) is 65.7 Å². The maximum absolute atomic E-state index is 8.88. The lowest BCUT2D eigenvalue weighted by atomic mass is 10.2. The van der Waals surface area contributed by atoms with Crippen molar-refractivity contribution in [1.82, 2.24) is 14.9 Å². The van der Waals surface area contributed by atoms with Crippen LogP contribution in [0.15, 0.2) is 59.5 Å². The first-order valence-electron chi connectivity index (χ1n) is 8.82. The van der Waals surface area contributed by atoms with E-state index in [1.165, 1.54) is 16.0 Å². The van der Waals surface area contributed by atoms with E-state index in [1.807, 2.05) is 0 Å². The molecule has 0 unspecified atom stereocenters. The Kier molecular flexibility index (Phi) is 9.62. The molecule has 136 valence electrons. The molecule has 0 saturated heterocycles. The maximum Gasteiger partial charge on any atom is 0.0555 e. The summed E-state index contributed by atoms with van der Waals surface area (Å²) in [6.07, 6.45) is 0. The first kappa shape index (κ1) is 19.9. The van der Waals surface area contributed by atoms with Crippen molar-refractivity contribution in [3.63, 3.8) is 0 Å². The molecule has 0 amide bonds. The number of hydrogen-bond donors (Lipinski definition) is 3. The maximum atomic E-state index is 8.88. The summed E-state index contributed by atoms with van der Waals surface area (Å²) in [5.74, 6) is 0. The third-order valence-electron chi connectivity index (χ3n) is 3.88. The van der Waals surface area contributed by atoms with Gasteiger partial charge in [-0.05, 0) is 36.6 Å². The average Bonchev–Trinajstić information content (AvgIpc) is 2.64. The Bertz CT molecular complexity index is 577. The fourth-order valence-corrected chi connectivity index (χ4v) is 3.13. The minimum absolute atomic E-state index is 0.188. The van der Waals surface area contributed by atoms with Crippen LogP contribution in [-0.2, 0) is 6.54 Å². The SMILES string of the molecule is Cc1ccc(SNCCN(CCNCCO)Cc2ccccc2)cc1. The van der Waals surface area contributed by atoms with Gasteiger partial charge in [0.25, 0.3) is 0 Å². The van der Waals surface area contributed by atoms with Crippen LogP contribution >= 0.6 is 11.9 Å². The summed E-state index contributed by atoms with van der Waals surface area (Å²) in [5, 5.41) is 12.1. The molecular weight excluding hydrogens is 330 g/mol. The predicted molar refractivity (Wildman–Crippen MR) is 107 cm³/mol. The molecule has 5 heteroatoms. The van der Waals surface area contributed by atoms with E-state index >= 15 is 0 Å². The fraction of sp³-hybridized carbons (Fsp3) is 0.400. The van der Waals surface area contributed by atoms with Crippen LogP contribution in [0.4, 0.5) is 0 Å². The molecule has 0 fully saturated rings. The number of aryl methyl sites for hydroxylation is 1. The minimum atomic E-state index is 0.188. The summed E-state index contributed by atoms with van der Waals surface area (Å²) in [6, 6.07) is 19.1. The highest BCUT2D eigenvalue weighted by Gasteiger charge is 2.06. The monoisotopic (exact) mass is 359 g/mol. The Morgan fingerprint density at radius 2 is 1.64 bits per heavy atom. The largest absolute Gasteiger partial charge is 0.395 e. The van der Waals surface area contributed by atoms with Crippen molar-refractivity contribution in [2.75, 3.05) is 39.3 Å². The summed E-state index contributed by atoms with van der Waals surface area (Å²) in [6.45, 7) is 7.64. The Morgan fingerprint density at radius 3 is 2.36 bits per heavy atom.